The van der Waals surface area contributed by atoms with Gasteiger partial charge in [-0.25, -0.2) is 0 Å². The highest BCUT2D eigenvalue weighted by Crippen LogP contribution is 2.38. The number of aromatic nitrogens is 1. The van der Waals surface area contributed by atoms with E-state index in [4.69, 9.17) is 21.4 Å². The Kier molecular flexibility index (Phi) is 4.57. The molecular weight excluding hydrogens is 314 g/mol. The lowest BCUT2D eigenvalue weighted by Crippen LogP contribution is -2.35. The van der Waals surface area contributed by atoms with Crippen LogP contribution in [0.3, 0.4) is 0 Å². The van der Waals surface area contributed by atoms with Crippen molar-refractivity contribution in [3.8, 4) is 0 Å². The molecule has 1 saturated heterocycles. The van der Waals surface area contributed by atoms with Gasteiger partial charge in [0.05, 0.1) is 24.6 Å². The number of carbonyl (C=O) groups excluding carboxylic acids is 1. The maximum absolute atomic E-state index is 11.9. The number of furan rings is 1. The van der Waals surface area contributed by atoms with Gasteiger partial charge in [0, 0.05) is 6.20 Å². The maximum atomic E-state index is 11.9. The summed E-state index contributed by atoms with van der Waals surface area (Å²) in [6.07, 6.45) is 3.34. The van der Waals surface area contributed by atoms with E-state index in [2.05, 4.69) is 10.3 Å². The van der Waals surface area contributed by atoms with Gasteiger partial charge in [-0.05, 0) is 43.4 Å². The van der Waals surface area contributed by atoms with Crippen LogP contribution in [-0.4, -0.2) is 34.1 Å². The molecule has 7 heteroatoms. The van der Waals surface area contributed by atoms with Crippen molar-refractivity contribution >= 4 is 23.3 Å². The molecule has 1 aliphatic rings. The predicted octanol–water partition coefficient (Wildman–Crippen LogP) is 2.21. The normalized spacial score (nSPS) is 20.4. The number of hydrogen-bond donors (Lipinski definition) is 1. The Hall–Kier alpha value is -2.41. The third-order valence-electron chi connectivity index (χ3n) is 3.64. The average molecular weight is 331 g/mol. The van der Waals surface area contributed by atoms with E-state index in [1.807, 2.05) is 30.3 Å². The van der Waals surface area contributed by atoms with Crippen molar-refractivity contribution in [2.45, 2.75) is 19.0 Å². The predicted molar refractivity (Wildman–Crippen MR) is 87.5 cm³/mol. The summed E-state index contributed by atoms with van der Waals surface area (Å²) in [7, 11) is 0. The number of hydrogen-bond acceptors (Lipinski definition) is 5. The lowest BCUT2D eigenvalue weighted by Gasteiger charge is -2.24. The van der Waals surface area contributed by atoms with Crippen LogP contribution >= 0.6 is 12.2 Å². The topological polar surface area (TPSA) is 67.6 Å². The minimum absolute atomic E-state index is 0.0639. The molecule has 23 heavy (non-hydrogen) atoms. The Morgan fingerprint density at radius 3 is 2.96 bits per heavy atom. The number of ether oxygens (including phenoxy) is 1. The molecule has 0 radical (unpaired) electrons. The Balaban J connectivity index is 1.92. The first kappa shape index (κ1) is 15.5. The highest BCUT2D eigenvalue weighted by molar-refractivity contribution is 7.80. The van der Waals surface area contributed by atoms with Gasteiger partial charge in [-0.15, -0.1) is 0 Å². The van der Waals surface area contributed by atoms with Crippen molar-refractivity contribution in [1.82, 2.24) is 15.2 Å². The van der Waals surface area contributed by atoms with E-state index in [1.54, 1.807) is 24.3 Å². The van der Waals surface area contributed by atoms with Gasteiger partial charge in [-0.3, -0.25) is 9.78 Å². The van der Waals surface area contributed by atoms with Crippen LogP contribution in [-0.2, 0) is 9.53 Å². The summed E-state index contributed by atoms with van der Waals surface area (Å²) >= 11 is 5.41. The zero-order valence-corrected chi connectivity index (χ0v) is 13.5. The molecular formula is C16H17N3O3S. The fourth-order valence-electron chi connectivity index (χ4n) is 2.69. The lowest BCUT2D eigenvalue weighted by molar-refractivity contribution is -0.143. The molecule has 0 unspecified atom stereocenters. The smallest absolute Gasteiger partial charge is 0.325 e. The van der Waals surface area contributed by atoms with E-state index in [1.165, 1.54) is 0 Å². The minimum atomic E-state index is -0.324. The zero-order chi connectivity index (χ0) is 16.2. The van der Waals surface area contributed by atoms with Crippen molar-refractivity contribution in [1.29, 1.82) is 0 Å². The standard InChI is InChI=1S/C16H17N3O3S/c1-2-21-13(20)10-19-15(12-7-5-9-22-12)14(18-16(19)23)11-6-3-4-8-17-11/h3-9,14-15H,2,10H2,1H3,(H,18,23)/t14-,15-/m0/s1. The third-order valence-corrected chi connectivity index (χ3v) is 3.99. The highest BCUT2D eigenvalue weighted by atomic mass is 32.1. The first-order chi connectivity index (χ1) is 11.2. The molecule has 1 fully saturated rings. The lowest BCUT2D eigenvalue weighted by atomic mass is 10.0. The zero-order valence-electron chi connectivity index (χ0n) is 12.6. The number of rotatable bonds is 5. The molecule has 0 spiro atoms. The number of nitrogens with one attached hydrogen (secondary N) is 1. The average Bonchev–Trinajstić information content (AvgIpc) is 3.17. The van der Waals surface area contributed by atoms with E-state index in [0.29, 0.717) is 11.7 Å². The second-order valence-electron chi connectivity index (χ2n) is 5.07. The van der Waals surface area contributed by atoms with Crippen molar-refractivity contribution in [3.05, 3.63) is 54.2 Å². The summed E-state index contributed by atoms with van der Waals surface area (Å²) < 4.78 is 10.6. The summed E-state index contributed by atoms with van der Waals surface area (Å²) in [5, 5.41) is 3.71. The highest BCUT2D eigenvalue weighted by Gasteiger charge is 2.42. The van der Waals surface area contributed by atoms with Crippen LogP contribution in [0.1, 0.15) is 30.5 Å². The first-order valence-electron chi connectivity index (χ1n) is 7.37. The molecule has 6 nitrogen and oxygen atoms in total. The molecule has 0 bridgehead atoms. The number of carbonyl (C=O) groups is 1. The van der Waals surface area contributed by atoms with E-state index >= 15 is 0 Å². The number of thiocarbonyl (C=S) groups is 1. The first-order valence-corrected chi connectivity index (χ1v) is 7.78. The van der Waals surface area contributed by atoms with Crippen molar-refractivity contribution in [2.75, 3.05) is 13.2 Å². The molecule has 0 amide bonds. The fourth-order valence-corrected chi connectivity index (χ4v) is 3.00. The third kappa shape index (κ3) is 3.19. The summed E-state index contributed by atoms with van der Waals surface area (Å²) in [4.78, 5) is 18.1. The SMILES string of the molecule is CCOC(=O)CN1C(=S)N[C@@H](c2ccccn2)[C@@H]1c1ccco1. The van der Waals surface area contributed by atoms with E-state index < -0.39 is 0 Å². The van der Waals surface area contributed by atoms with Crippen LogP contribution in [0.15, 0.2) is 47.2 Å². The van der Waals surface area contributed by atoms with Gasteiger partial charge in [0.2, 0.25) is 0 Å². The largest absolute Gasteiger partial charge is 0.467 e. The number of nitrogens with zero attached hydrogens (tertiary/aromatic N) is 2. The van der Waals surface area contributed by atoms with Crippen LogP contribution < -0.4 is 5.32 Å². The quantitative estimate of drug-likeness (QED) is 0.665. The molecule has 2 aromatic heterocycles. The molecule has 3 heterocycles. The van der Waals surface area contributed by atoms with Gasteiger partial charge in [0.15, 0.2) is 5.11 Å². The summed E-state index contributed by atoms with van der Waals surface area (Å²) in [6, 6.07) is 8.93. The van der Waals surface area contributed by atoms with Gasteiger partial charge in [-0.2, -0.15) is 0 Å². The van der Waals surface area contributed by atoms with E-state index in [0.717, 1.165) is 11.5 Å². The van der Waals surface area contributed by atoms with Crippen LogP contribution in [0, 0.1) is 0 Å². The van der Waals surface area contributed by atoms with Crippen LogP contribution in [0.25, 0.3) is 0 Å². The fraction of sp³-hybridized carbons (Fsp3) is 0.312. The van der Waals surface area contributed by atoms with Crippen molar-refractivity contribution < 1.29 is 13.9 Å². The minimum Gasteiger partial charge on any atom is -0.467 e. The molecule has 0 saturated carbocycles. The van der Waals surface area contributed by atoms with Crippen molar-refractivity contribution in [3.63, 3.8) is 0 Å². The summed E-state index contributed by atoms with van der Waals surface area (Å²) in [6.45, 7) is 2.18. The van der Waals surface area contributed by atoms with Gasteiger partial charge < -0.3 is 19.4 Å². The second-order valence-corrected chi connectivity index (χ2v) is 5.46. The maximum Gasteiger partial charge on any atom is 0.325 e. The molecule has 2 atom stereocenters. The monoisotopic (exact) mass is 331 g/mol. The Labute approximate surface area is 139 Å². The molecule has 2 aromatic rings. The Morgan fingerprint density at radius 2 is 2.30 bits per heavy atom. The summed E-state index contributed by atoms with van der Waals surface area (Å²) in [5.74, 6) is 0.396. The number of pyridine rings is 1. The number of esters is 1. The van der Waals surface area contributed by atoms with Crippen LogP contribution in [0.5, 0.6) is 0 Å². The second kappa shape index (κ2) is 6.78. The molecule has 0 aliphatic carbocycles. The van der Waals surface area contributed by atoms with Crippen LogP contribution in [0.2, 0.25) is 0 Å². The molecule has 1 aliphatic heterocycles. The van der Waals surface area contributed by atoms with Gasteiger partial charge in [-0.1, -0.05) is 6.07 Å². The van der Waals surface area contributed by atoms with Crippen LogP contribution in [0.4, 0.5) is 0 Å². The van der Waals surface area contributed by atoms with Gasteiger partial charge in [0.25, 0.3) is 0 Å². The molecule has 0 aromatic carbocycles. The van der Waals surface area contributed by atoms with Crippen molar-refractivity contribution in [2.24, 2.45) is 0 Å². The Bertz CT molecular complexity index is 675. The van der Waals surface area contributed by atoms with Gasteiger partial charge in [0.1, 0.15) is 18.3 Å². The summed E-state index contributed by atoms with van der Waals surface area (Å²) in [5.41, 5.74) is 0.836. The molecule has 3 rings (SSSR count). The van der Waals surface area contributed by atoms with E-state index in [-0.39, 0.29) is 24.6 Å². The van der Waals surface area contributed by atoms with E-state index in [9.17, 15) is 4.79 Å². The van der Waals surface area contributed by atoms with Gasteiger partial charge >= 0.3 is 5.97 Å². The Morgan fingerprint density at radius 1 is 1.43 bits per heavy atom. The molecule has 120 valence electrons. The molecule has 1 N–H and O–H groups in total.